The number of methoxy groups -OCH3 is 2. The Balaban J connectivity index is 1.58. The Bertz CT molecular complexity index is 1360. The summed E-state index contributed by atoms with van der Waals surface area (Å²) in [5, 5.41) is 3.76. The molecule has 12 heteroatoms. The lowest BCUT2D eigenvalue weighted by atomic mass is 9.91. The lowest BCUT2D eigenvalue weighted by molar-refractivity contribution is 0.249. The molecule has 1 saturated carbocycles. The van der Waals surface area contributed by atoms with E-state index in [1.165, 1.54) is 19.1 Å². The van der Waals surface area contributed by atoms with Gasteiger partial charge in [-0.25, -0.2) is 9.78 Å². The first kappa shape index (κ1) is 27.1. The number of carbonyl (C=O) groups excluding carboxylic acids is 1. The summed E-state index contributed by atoms with van der Waals surface area (Å²) in [7, 11) is 2.97. The van der Waals surface area contributed by atoms with Crippen molar-refractivity contribution in [3.63, 3.8) is 0 Å². The fourth-order valence-corrected chi connectivity index (χ4v) is 5.80. The maximum atomic E-state index is 14.2. The van der Waals surface area contributed by atoms with Gasteiger partial charge in [-0.3, -0.25) is 9.80 Å². The number of fused-ring (bicyclic) bond motifs is 1. The zero-order chi connectivity index (χ0) is 27.7. The molecule has 1 fully saturated rings. The van der Waals surface area contributed by atoms with Crippen LogP contribution in [0.15, 0.2) is 36.5 Å². The van der Waals surface area contributed by atoms with Crippen LogP contribution in [0.1, 0.15) is 36.8 Å². The Kier molecular flexibility index (Phi) is 7.88. The van der Waals surface area contributed by atoms with Gasteiger partial charge in [0.25, 0.3) is 0 Å². The van der Waals surface area contributed by atoms with E-state index >= 15 is 0 Å². The molecule has 0 spiro atoms. The molecular formula is C27H31Cl2N7O3. The van der Waals surface area contributed by atoms with Crippen LogP contribution < -0.4 is 36.1 Å². The first-order valence-electron chi connectivity index (χ1n) is 12.7. The Morgan fingerprint density at radius 1 is 1.10 bits per heavy atom. The van der Waals surface area contributed by atoms with Crippen LogP contribution in [0.2, 0.25) is 10.0 Å². The van der Waals surface area contributed by atoms with Gasteiger partial charge in [0.05, 0.1) is 33.0 Å². The predicted octanol–water partition coefficient (Wildman–Crippen LogP) is 5.21. The quantitative estimate of drug-likeness (QED) is 0.329. The highest BCUT2D eigenvalue weighted by atomic mass is 35.5. The molecule has 2 amide bonds. The fraction of sp³-hybridized carbons (Fsp3) is 0.370. The molecule has 0 saturated heterocycles. The van der Waals surface area contributed by atoms with E-state index in [9.17, 15) is 4.79 Å². The van der Waals surface area contributed by atoms with E-state index in [2.05, 4.69) is 10.3 Å². The Morgan fingerprint density at radius 3 is 2.49 bits per heavy atom. The molecule has 1 aliphatic carbocycles. The van der Waals surface area contributed by atoms with E-state index in [0.29, 0.717) is 34.5 Å². The van der Waals surface area contributed by atoms with Crippen LogP contribution >= 0.6 is 23.2 Å². The maximum absolute atomic E-state index is 14.2. The number of carbonyl (C=O) groups is 1. The van der Waals surface area contributed by atoms with Crippen molar-refractivity contribution in [1.29, 1.82) is 0 Å². The summed E-state index contributed by atoms with van der Waals surface area (Å²) < 4.78 is 10.9. The molecule has 2 aliphatic rings. The molecule has 5 rings (SSSR count). The van der Waals surface area contributed by atoms with E-state index in [1.807, 2.05) is 18.2 Å². The van der Waals surface area contributed by atoms with Gasteiger partial charge in [0.2, 0.25) is 5.95 Å². The number of nitrogens with one attached hydrogen (secondary N) is 1. The average molecular weight is 572 g/mol. The van der Waals surface area contributed by atoms with Crippen molar-refractivity contribution < 1.29 is 14.3 Å². The van der Waals surface area contributed by atoms with Crippen LogP contribution in [-0.2, 0) is 13.1 Å². The van der Waals surface area contributed by atoms with Crippen LogP contribution in [0.3, 0.4) is 0 Å². The van der Waals surface area contributed by atoms with Crippen molar-refractivity contribution in [2.45, 2.75) is 50.9 Å². The number of halogens is 2. The van der Waals surface area contributed by atoms with Crippen LogP contribution in [0, 0.1) is 0 Å². The van der Waals surface area contributed by atoms with Gasteiger partial charge in [-0.05, 0) is 30.5 Å². The van der Waals surface area contributed by atoms with Crippen LogP contribution in [0.4, 0.5) is 27.9 Å². The highest BCUT2D eigenvalue weighted by Gasteiger charge is 2.37. The van der Waals surface area contributed by atoms with Gasteiger partial charge in [-0.15, -0.1) is 0 Å². The zero-order valence-corrected chi connectivity index (χ0v) is 23.3. The number of hydrogen-bond acceptors (Lipinski definition) is 8. The third-order valence-corrected chi connectivity index (χ3v) is 7.86. The van der Waals surface area contributed by atoms with Crippen molar-refractivity contribution in [3.05, 3.63) is 57.7 Å². The number of amides is 2. The molecule has 2 atom stereocenters. The molecule has 206 valence electrons. The Labute approximate surface area is 237 Å². The molecule has 5 N–H and O–H groups in total. The second-order valence-corrected chi connectivity index (χ2v) is 10.5. The third-order valence-electron chi connectivity index (χ3n) is 7.13. The van der Waals surface area contributed by atoms with Gasteiger partial charge in [-0.2, -0.15) is 4.98 Å². The highest BCUT2D eigenvalue weighted by molar-refractivity contribution is 6.42. The number of anilines is 4. The molecule has 1 aromatic heterocycles. The summed E-state index contributed by atoms with van der Waals surface area (Å²) in [6, 6.07) is 8.65. The van der Waals surface area contributed by atoms with Crippen molar-refractivity contribution in [2.75, 3.05) is 35.1 Å². The first-order chi connectivity index (χ1) is 18.8. The summed E-state index contributed by atoms with van der Waals surface area (Å²) >= 11 is 13.4. The molecule has 2 heterocycles. The normalized spacial score (nSPS) is 19.1. The van der Waals surface area contributed by atoms with Crippen LogP contribution in [0.25, 0.3) is 0 Å². The monoisotopic (exact) mass is 571 g/mol. The van der Waals surface area contributed by atoms with E-state index in [0.717, 1.165) is 31.2 Å². The molecule has 0 radical (unpaired) electrons. The highest BCUT2D eigenvalue weighted by Crippen LogP contribution is 2.48. The summed E-state index contributed by atoms with van der Waals surface area (Å²) in [5.74, 6) is 1.57. The molecule has 2 aromatic carbocycles. The number of hydrogen-bond donors (Lipinski definition) is 3. The van der Waals surface area contributed by atoms with Crippen LogP contribution in [-0.4, -0.2) is 42.3 Å². The van der Waals surface area contributed by atoms with E-state index in [-0.39, 0.29) is 46.9 Å². The van der Waals surface area contributed by atoms with Crippen LogP contribution in [0.5, 0.6) is 11.5 Å². The van der Waals surface area contributed by atoms with E-state index in [1.54, 1.807) is 23.2 Å². The number of urea groups is 1. The van der Waals surface area contributed by atoms with Gasteiger partial charge in [-0.1, -0.05) is 48.2 Å². The molecule has 3 aromatic rings. The van der Waals surface area contributed by atoms with Gasteiger partial charge in [0, 0.05) is 35.6 Å². The Hall–Kier alpha value is -3.47. The number of nitrogen functional groups attached to an aromatic ring is 1. The summed E-state index contributed by atoms with van der Waals surface area (Å²) in [6.07, 6.45) is 5.81. The minimum Gasteiger partial charge on any atom is -0.495 e. The molecule has 2 unspecified atom stereocenters. The standard InChI is InChI=1S/C27H31Cl2N7O3/c1-38-20-11-21(39-2)23(29)24(22(20)28)35-14-16-12-32-26(33-19-9-4-3-8-18(19)31)34-25(16)36(27(35)37)13-15-6-5-7-17(30)10-15/h5-7,10-12,18-19H,3-4,8-9,13-14,30-31H2,1-2H3,(H,32,33,34). The number of nitrogens with zero attached hydrogens (tertiary/aromatic N) is 4. The van der Waals surface area contributed by atoms with Crippen molar-refractivity contribution in [1.82, 2.24) is 9.97 Å². The fourth-order valence-electron chi connectivity index (χ4n) is 5.09. The molecule has 1 aliphatic heterocycles. The third kappa shape index (κ3) is 5.36. The largest absolute Gasteiger partial charge is 0.495 e. The lowest BCUT2D eigenvalue weighted by Gasteiger charge is -2.37. The molecule has 39 heavy (non-hydrogen) atoms. The molecular weight excluding hydrogens is 541 g/mol. The number of benzene rings is 2. The number of rotatable bonds is 7. The molecule has 0 bridgehead atoms. The minimum absolute atomic E-state index is 0.0197. The first-order valence-corrected chi connectivity index (χ1v) is 13.5. The number of aromatic nitrogens is 2. The van der Waals surface area contributed by atoms with Gasteiger partial charge < -0.3 is 26.3 Å². The second-order valence-electron chi connectivity index (χ2n) is 9.70. The summed E-state index contributed by atoms with van der Waals surface area (Å²) in [5.41, 5.74) is 14.8. The average Bonchev–Trinajstić information content (AvgIpc) is 2.92. The van der Waals surface area contributed by atoms with Crippen molar-refractivity contribution in [2.24, 2.45) is 5.73 Å². The Morgan fingerprint density at radius 2 is 1.82 bits per heavy atom. The lowest BCUT2D eigenvalue weighted by Crippen LogP contribution is -2.48. The van der Waals surface area contributed by atoms with Crippen molar-refractivity contribution >= 4 is 52.4 Å². The zero-order valence-electron chi connectivity index (χ0n) is 21.8. The molecule has 10 nitrogen and oxygen atoms in total. The van der Waals surface area contributed by atoms with Gasteiger partial charge in [0.1, 0.15) is 27.4 Å². The minimum atomic E-state index is -0.372. The predicted molar refractivity (Wildman–Crippen MR) is 154 cm³/mol. The van der Waals surface area contributed by atoms with Gasteiger partial charge in [0.15, 0.2) is 0 Å². The van der Waals surface area contributed by atoms with E-state index < -0.39 is 0 Å². The topological polar surface area (TPSA) is 132 Å². The summed E-state index contributed by atoms with van der Waals surface area (Å²) in [4.78, 5) is 26.6. The van der Waals surface area contributed by atoms with Gasteiger partial charge >= 0.3 is 6.03 Å². The summed E-state index contributed by atoms with van der Waals surface area (Å²) in [6.45, 7) is 0.351. The number of nitrogens with two attached hydrogens (primary N) is 2. The SMILES string of the molecule is COc1cc(OC)c(Cl)c(N2Cc3cnc(NC4CCCCC4N)nc3N(Cc3cccc(N)c3)C2=O)c1Cl. The number of ether oxygens (including phenoxy) is 2. The van der Waals surface area contributed by atoms with Crippen molar-refractivity contribution in [3.8, 4) is 11.5 Å². The maximum Gasteiger partial charge on any atom is 0.330 e. The smallest absolute Gasteiger partial charge is 0.330 e. The second kappa shape index (κ2) is 11.3. The van der Waals surface area contributed by atoms with E-state index in [4.69, 9.17) is 49.1 Å².